The lowest BCUT2D eigenvalue weighted by atomic mass is 10.2. The minimum atomic E-state index is -1.07. The third-order valence-electron chi connectivity index (χ3n) is 1.81. The molecule has 0 aliphatic heterocycles. The van der Waals surface area contributed by atoms with E-state index in [-0.39, 0.29) is 24.6 Å². The lowest BCUT2D eigenvalue weighted by Gasteiger charge is -1.95. The van der Waals surface area contributed by atoms with Crippen molar-refractivity contribution in [2.75, 3.05) is 14.2 Å². The van der Waals surface area contributed by atoms with Crippen molar-refractivity contribution in [1.82, 2.24) is 0 Å². The maximum Gasteiger partial charge on any atom is 0.317 e. The monoisotopic (exact) mass is 340 g/mol. The van der Waals surface area contributed by atoms with Crippen LogP contribution in [0.1, 0.15) is 33.1 Å². The summed E-state index contributed by atoms with van der Waals surface area (Å²) in [5, 5.41) is 23.4. The van der Waals surface area contributed by atoms with Crippen LogP contribution in [-0.4, -0.2) is 43.0 Å². The second kappa shape index (κ2) is 17.9. The van der Waals surface area contributed by atoms with Gasteiger partial charge in [-0.2, -0.15) is 10.5 Å². The topological polar surface area (TPSA) is 155 Å². The molecular formula is C15H20N2O7. The first-order chi connectivity index (χ1) is 11.1. The van der Waals surface area contributed by atoms with Gasteiger partial charge in [0.2, 0.25) is 0 Å². The van der Waals surface area contributed by atoms with Crippen molar-refractivity contribution in [2.45, 2.75) is 33.1 Å². The Morgan fingerprint density at radius 2 is 1.46 bits per heavy atom. The summed E-state index contributed by atoms with van der Waals surface area (Å²) >= 11 is 0. The fourth-order valence-electron chi connectivity index (χ4n) is 0.804. The molecule has 0 bridgehead atoms. The van der Waals surface area contributed by atoms with Gasteiger partial charge in [0.15, 0.2) is 0 Å². The summed E-state index contributed by atoms with van der Waals surface area (Å²) in [6.07, 6.45) is 1.01. The van der Waals surface area contributed by atoms with Gasteiger partial charge in [0.1, 0.15) is 18.6 Å². The number of Topliss-reactive ketones (excluding diaryl/α,β-unsaturated/α-hetero) is 1. The molecule has 0 fully saturated rings. The van der Waals surface area contributed by atoms with Crippen LogP contribution in [0.5, 0.6) is 0 Å². The molecule has 0 aromatic carbocycles. The number of nitrogens with zero attached hydrogens (tertiary/aromatic N) is 2. The van der Waals surface area contributed by atoms with Crippen molar-refractivity contribution in [3.8, 4) is 12.1 Å². The zero-order chi connectivity index (χ0) is 19.5. The molecule has 24 heavy (non-hydrogen) atoms. The average Bonchev–Trinajstić information content (AvgIpc) is 2.47. The van der Waals surface area contributed by atoms with E-state index in [4.69, 9.17) is 15.6 Å². The molecule has 0 aromatic rings. The van der Waals surface area contributed by atoms with E-state index in [9.17, 15) is 19.2 Å². The number of esters is 2. The molecule has 0 saturated heterocycles. The number of aliphatic carboxylic acids is 1. The lowest BCUT2D eigenvalue weighted by molar-refractivity contribution is -0.143. The Hall–Kier alpha value is -3.20. The van der Waals surface area contributed by atoms with E-state index >= 15 is 0 Å². The van der Waals surface area contributed by atoms with Crippen molar-refractivity contribution >= 4 is 23.7 Å². The fourth-order valence-corrected chi connectivity index (χ4v) is 0.804. The fraction of sp³-hybridized carbons (Fsp3) is 0.467. The van der Waals surface area contributed by atoms with E-state index in [1.807, 2.05) is 6.07 Å². The summed E-state index contributed by atoms with van der Waals surface area (Å²) in [6.45, 7) is 3.05. The molecular weight excluding hydrogens is 320 g/mol. The van der Waals surface area contributed by atoms with Gasteiger partial charge in [-0.05, 0) is 13.8 Å². The number of carbonyl (C=O) groups excluding carboxylic acids is 3. The van der Waals surface area contributed by atoms with E-state index in [0.717, 1.165) is 0 Å². The number of carbonyl (C=O) groups is 4. The smallest absolute Gasteiger partial charge is 0.317 e. The molecule has 0 aliphatic rings. The van der Waals surface area contributed by atoms with Gasteiger partial charge in [-0.25, -0.2) is 0 Å². The Bertz CT molecular complexity index is 539. The summed E-state index contributed by atoms with van der Waals surface area (Å²) < 4.78 is 8.58. The lowest BCUT2D eigenvalue weighted by Crippen LogP contribution is -2.05. The molecule has 0 unspecified atom stereocenters. The predicted molar refractivity (Wildman–Crippen MR) is 81.2 cm³/mol. The van der Waals surface area contributed by atoms with Gasteiger partial charge in [0.25, 0.3) is 0 Å². The number of hydrogen-bond acceptors (Lipinski definition) is 8. The predicted octanol–water partition coefficient (Wildman–Crippen LogP) is 1.14. The summed E-state index contributed by atoms with van der Waals surface area (Å²) in [5.41, 5.74) is 0.717. The zero-order valence-corrected chi connectivity index (χ0v) is 14.0. The molecule has 1 N–H and O–H groups in total. The van der Waals surface area contributed by atoms with Crippen LogP contribution in [0.2, 0.25) is 0 Å². The van der Waals surface area contributed by atoms with E-state index in [2.05, 4.69) is 9.47 Å². The molecule has 0 amide bonds. The number of ketones is 1. The number of carboxylic acids is 1. The molecule has 9 heteroatoms. The van der Waals surface area contributed by atoms with Crippen molar-refractivity contribution in [3.63, 3.8) is 0 Å². The molecule has 132 valence electrons. The first-order valence-corrected chi connectivity index (χ1v) is 6.41. The second-order valence-electron chi connectivity index (χ2n) is 4.06. The van der Waals surface area contributed by atoms with Crippen molar-refractivity contribution in [3.05, 3.63) is 11.6 Å². The van der Waals surface area contributed by atoms with Crippen molar-refractivity contribution in [1.29, 1.82) is 10.5 Å². The van der Waals surface area contributed by atoms with Crippen LogP contribution in [0.3, 0.4) is 0 Å². The first-order valence-electron chi connectivity index (χ1n) is 6.41. The minimum absolute atomic E-state index is 0.115. The minimum Gasteiger partial charge on any atom is -0.480 e. The standard InChI is InChI=1S/C7H9NO2.C5H8O3.C3H3NO2/c1-6(3-4-8)5-7(9)10-2;1-4(6)3-5(7)8-2;4-2-1-3(5)6/h3H,5H2,1-2H3;3H2,1-2H3;1H2,(H,5,6)/b6-3+;;. The number of methoxy groups -OCH3 is 2. The highest BCUT2D eigenvalue weighted by Gasteiger charge is 2.01. The third-order valence-corrected chi connectivity index (χ3v) is 1.81. The third kappa shape index (κ3) is 27.2. The maximum absolute atomic E-state index is 10.5. The number of hydrogen-bond donors (Lipinski definition) is 1. The average molecular weight is 340 g/mol. The van der Waals surface area contributed by atoms with Crippen LogP contribution in [-0.2, 0) is 28.7 Å². The Labute approximate surface area is 140 Å². The highest BCUT2D eigenvalue weighted by atomic mass is 16.5. The van der Waals surface area contributed by atoms with Crippen LogP contribution in [0.25, 0.3) is 0 Å². The molecule has 0 aromatic heterocycles. The zero-order valence-electron chi connectivity index (χ0n) is 14.0. The van der Waals surface area contributed by atoms with Gasteiger partial charge >= 0.3 is 17.9 Å². The van der Waals surface area contributed by atoms with E-state index in [1.54, 1.807) is 6.92 Å². The van der Waals surface area contributed by atoms with Gasteiger partial charge in [-0.15, -0.1) is 0 Å². The van der Waals surface area contributed by atoms with E-state index in [0.29, 0.717) is 5.57 Å². The van der Waals surface area contributed by atoms with Gasteiger partial charge < -0.3 is 14.6 Å². The normalized spacial score (nSPS) is 8.67. The summed E-state index contributed by atoms with van der Waals surface area (Å²) in [6, 6.07) is 3.29. The van der Waals surface area contributed by atoms with E-state index in [1.165, 1.54) is 33.3 Å². The SMILES string of the molecule is COC(=O)C/C(C)=C/C#N.COC(=O)CC(C)=O.N#CCC(=O)O. The highest BCUT2D eigenvalue weighted by Crippen LogP contribution is 1.99. The van der Waals surface area contributed by atoms with Crippen LogP contribution in [0.15, 0.2) is 11.6 Å². The molecule has 9 nitrogen and oxygen atoms in total. The van der Waals surface area contributed by atoms with Crippen LogP contribution >= 0.6 is 0 Å². The number of nitriles is 2. The number of carboxylic acid groups (broad SMARTS) is 1. The summed E-state index contributed by atoms with van der Waals surface area (Å²) in [4.78, 5) is 40.2. The summed E-state index contributed by atoms with van der Waals surface area (Å²) in [5.74, 6) is -2.03. The van der Waals surface area contributed by atoms with Gasteiger partial charge in [0, 0.05) is 6.08 Å². The summed E-state index contributed by atoms with van der Waals surface area (Å²) in [7, 11) is 2.58. The second-order valence-corrected chi connectivity index (χ2v) is 4.06. The molecule has 0 rings (SSSR count). The van der Waals surface area contributed by atoms with Crippen molar-refractivity contribution < 1.29 is 33.8 Å². The molecule has 0 spiro atoms. The highest BCUT2D eigenvalue weighted by molar-refractivity contribution is 5.93. The Morgan fingerprint density at radius 1 is 1.00 bits per heavy atom. The Morgan fingerprint density at radius 3 is 1.67 bits per heavy atom. The van der Waals surface area contributed by atoms with Crippen LogP contribution in [0, 0.1) is 22.7 Å². The van der Waals surface area contributed by atoms with Crippen LogP contribution < -0.4 is 0 Å². The number of ether oxygens (including phenoxy) is 2. The molecule has 0 saturated carbocycles. The van der Waals surface area contributed by atoms with Gasteiger partial charge in [-0.3, -0.25) is 19.2 Å². The largest absolute Gasteiger partial charge is 0.480 e. The maximum atomic E-state index is 10.5. The molecule has 0 heterocycles. The molecule has 0 aliphatic carbocycles. The quantitative estimate of drug-likeness (QED) is 0.440. The van der Waals surface area contributed by atoms with Crippen LogP contribution in [0.4, 0.5) is 0 Å². The Kier molecular flexibility index (Phi) is 19.1. The molecule has 0 radical (unpaired) electrons. The van der Waals surface area contributed by atoms with E-state index < -0.39 is 18.4 Å². The van der Waals surface area contributed by atoms with Gasteiger partial charge in [-0.1, -0.05) is 5.57 Å². The number of allylic oxidation sites excluding steroid dienone is 1. The first kappa shape index (κ1) is 25.7. The van der Waals surface area contributed by atoms with Gasteiger partial charge in [0.05, 0.1) is 32.8 Å². The number of rotatable bonds is 5. The molecule has 0 atom stereocenters. The van der Waals surface area contributed by atoms with Crippen molar-refractivity contribution in [2.24, 2.45) is 0 Å². The Balaban J connectivity index is -0.000000285.